The molecular weight excluding hydrogens is 365 g/mol. The van der Waals surface area contributed by atoms with Crippen molar-refractivity contribution in [1.29, 1.82) is 0 Å². The maximum atomic E-state index is 12.8. The molecule has 0 bridgehead atoms. The van der Waals surface area contributed by atoms with Gasteiger partial charge < -0.3 is 15.4 Å². The topological polar surface area (TPSA) is 95.1 Å². The molecule has 2 aromatic heterocycles. The van der Waals surface area contributed by atoms with Crippen LogP contribution in [0.15, 0.2) is 36.5 Å². The number of hydrogen-bond acceptors (Lipinski definition) is 4. The summed E-state index contributed by atoms with van der Waals surface area (Å²) < 4.78 is 0. The molecule has 1 aromatic carbocycles. The van der Waals surface area contributed by atoms with Gasteiger partial charge >= 0.3 is 0 Å². The molecule has 6 nitrogen and oxygen atoms in total. The number of rotatable bonds is 4. The number of nitrogens with zero attached hydrogens (tertiary/aromatic N) is 1. The Balaban J connectivity index is 2.15. The summed E-state index contributed by atoms with van der Waals surface area (Å²) in [7, 11) is 0. The third-order valence-electron chi connectivity index (χ3n) is 3.57. The number of benzene rings is 1. The molecule has 2 heterocycles. The number of aromatic nitrogens is 2. The van der Waals surface area contributed by atoms with E-state index in [1.807, 2.05) is 0 Å². The zero-order valence-electron chi connectivity index (χ0n) is 13.0. The van der Waals surface area contributed by atoms with Gasteiger partial charge in [0.25, 0.3) is 5.91 Å². The van der Waals surface area contributed by atoms with E-state index in [0.29, 0.717) is 20.9 Å². The minimum absolute atomic E-state index is 0.123. The molecule has 3 N–H and O–H groups in total. The molecule has 1 atom stereocenters. The number of aromatic amines is 1. The van der Waals surface area contributed by atoms with Crippen molar-refractivity contribution in [2.75, 3.05) is 5.32 Å². The summed E-state index contributed by atoms with van der Waals surface area (Å²) in [5.74, 6) is -1.08. The highest BCUT2D eigenvalue weighted by Gasteiger charge is 2.23. The maximum absolute atomic E-state index is 12.8. The smallest absolute Gasteiger partial charge is 0.252 e. The van der Waals surface area contributed by atoms with Crippen LogP contribution in [0.5, 0.6) is 0 Å². The van der Waals surface area contributed by atoms with E-state index in [9.17, 15) is 14.7 Å². The number of amides is 1. The molecular formula is C17H13Cl2N3O3. The Morgan fingerprint density at radius 3 is 2.60 bits per heavy atom. The molecule has 0 saturated carbocycles. The molecule has 0 saturated heterocycles. The van der Waals surface area contributed by atoms with Crippen molar-refractivity contribution < 1.29 is 14.7 Å². The van der Waals surface area contributed by atoms with E-state index in [2.05, 4.69) is 15.3 Å². The Morgan fingerprint density at radius 2 is 1.92 bits per heavy atom. The minimum atomic E-state index is -1.23. The van der Waals surface area contributed by atoms with Crippen molar-refractivity contribution >= 4 is 51.5 Å². The summed E-state index contributed by atoms with van der Waals surface area (Å²) in [6.07, 6.45) is 0.188. The molecule has 0 aliphatic carbocycles. The molecule has 3 rings (SSSR count). The van der Waals surface area contributed by atoms with E-state index >= 15 is 0 Å². The first-order chi connectivity index (χ1) is 11.9. The number of halogens is 2. The normalized spacial score (nSPS) is 12.2. The number of aliphatic hydroxyl groups excluding tert-OH is 1. The number of pyridine rings is 1. The van der Waals surface area contributed by atoms with Gasteiger partial charge in [-0.1, -0.05) is 23.2 Å². The predicted octanol–water partition coefficient (Wildman–Crippen LogP) is 3.42. The van der Waals surface area contributed by atoms with E-state index in [-0.39, 0.29) is 17.1 Å². The van der Waals surface area contributed by atoms with Crippen LogP contribution in [-0.2, 0) is 4.79 Å². The number of ketones is 1. The number of hydrogen-bond donors (Lipinski definition) is 3. The second-order valence-electron chi connectivity index (χ2n) is 5.42. The fourth-order valence-electron chi connectivity index (χ4n) is 2.35. The van der Waals surface area contributed by atoms with Crippen molar-refractivity contribution in [2.45, 2.75) is 13.0 Å². The first-order valence-corrected chi connectivity index (χ1v) is 8.09. The average Bonchev–Trinajstić information content (AvgIpc) is 2.91. The highest BCUT2D eigenvalue weighted by molar-refractivity contribution is 6.32. The second kappa shape index (κ2) is 6.84. The third-order valence-corrected chi connectivity index (χ3v) is 4.04. The van der Waals surface area contributed by atoms with Crippen molar-refractivity contribution in [3.63, 3.8) is 0 Å². The van der Waals surface area contributed by atoms with Gasteiger partial charge in [0.05, 0.1) is 5.69 Å². The van der Waals surface area contributed by atoms with Gasteiger partial charge in [0.15, 0.2) is 0 Å². The van der Waals surface area contributed by atoms with E-state index in [1.54, 1.807) is 24.3 Å². The Bertz CT molecular complexity index is 982. The van der Waals surface area contributed by atoms with Gasteiger partial charge in [-0.05, 0) is 37.3 Å². The van der Waals surface area contributed by atoms with Gasteiger partial charge in [-0.3, -0.25) is 14.6 Å². The Kier molecular flexibility index (Phi) is 4.76. The molecule has 0 aliphatic rings. The Hall–Kier alpha value is -2.41. The molecule has 1 amide bonds. The van der Waals surface area contributed by atoms with E-state index < -0.39 is 17.8 Å². The van der Waals surface area contributed by atoms with Crippen LogP contribution in [0.1, 0.15) is 23.1 Å². The molecule has 0 spiro atoms. The summed E-state index contributed by atoms with van der Waals surface area (Å²) >= 11 is 11.9. The van der Waals surface area contributed by atoms with Crippen LogP contribution in [0, 0.1) is 0 Å². The SMILES string of the molecule is CC(O)C(=O)Nc1c(C(=O)c2cc(Cl)ccn2)[nH]c2cc(Cl)ccc12. The largest absolute Gasteiger partial charge is 0.384 e. The van der Waals surface area contributed by atoms with Gasteiger partial charge in [0, 0.05) is 27.1 Å². The lowest BCUT2D eigenvalue weighted by atomic mass is 10.1. The van der Waals surface area contributed by atoms with E-state index in [0.717, 1.165) is 0 Å². The summed E-state index contributed by atoms with van der Waals surface area (Å²) in [5, 5.41) is 13.5. The number of nitrogens with one attached hydrogen (secondary N) is 2. The predicted molar refractivity (Wildman–Crippen MR) is 96.3 cm³/mol. The zero-order valence-corrected chi connectivity index (χ0v) is 14.5. The van der Waals surface area contributed by atoms with Crippen molar-refractivity contribution in [3.05, 3.63) is 58.0 Å². The first-order valence-electron chi connectivity index (χ1n) is 7.33. The summed E-state index contributed by atoms with van der Waals surface area (Å²) in [6.45, 7) is 1.33. The van der Waals surface area contributed by atoms with Gasteiger partial charge in [-0.2, -0.15) is 0 Å². The number of fused-ring (bicyclic) bond motifs is 1. The maximum Gasteiger partial charge on any atom is 0.252 e. The summed E-state index contributed by atoms with van der Waals surface area (Å²) in [6, 6.07) is 7.94. The fraction of sp³-hybridized carbons (Fsp3) is 0.118. The average molecular weight is 378 g/mol. The van der Waals surface area contributed by atoms with Gasteiger partial charge in [-0.15, -0.1) is 0 Å². The summed E-state index contributed by atoms with van der Waals surface area (Å²) in [4.78, 5) is 31.7. The van der Waals surface area contributed by atoms with E-state index in [4.69, 9.17) is 23.2 Å². The molecule has 128 valence electrons. The standard InChI is InChI=1S/C17H13Cl2N3O3/c1-8(23)17(25)22-14-11-3-2-9(18)6-12(11)21-15(14)16(24)13-7-10(19)4-5-20-13/h2-8,21,23H,1H3,(H,22,25). The summed E-state index contributed by atoms with van der Waals surface area (Å²) in [5.41, 5.74) is 1.07. The van der Waals surface area contributed by atoms with Crippen LogP contribution in [-0.4, -0.2) is 32.9 Å². The fourth-order valence-corrected chi connectivity index (χ4v) is 2.69. The lowest BCUT2D eigenvalue weighted by molar-refractivity contribution is -0.123. The van der Waals surface area contributed by atoms with Gasteiger partial charge in [0.1, 0.15) is 17.5 Å². The van der Waals surface area contributed by atoms with Crippen molar-refractivity contribution in [2.24, 2.45) is 0 Å². The lowest BCUT2D eigenvalue weighted by Gasteiger charge is -2.08. The van der Waals surface area contributed by atoms with Crippen molar-refractivity contribution in [3.8, 4) is 0 Å². The van der Waals surface area contributed by atoms with Crippen LogP contribution < -0.4 is 5.32 Å². The number of carbonyl (C=O) groups excluding carboxylic acids is 2. The van der Waals surface area contributed by atoms with Crippen LogP contribution in [0.2, 0.25) is 10.0 Å². The molecule has 0 aliphatic heterocycles. The Labute approximate surface area is 152 Å². The second-order valence-corrected chi connectivity index (χ2v) is 6.29. The minimum Gasteiger partial charge on any atom is -0.384 e. The highest BCUT2D eigenvalue weighted by atomic mass is 35.5. The van der Waals surface area contributed by atoms with Crippen LogP contribution in [0.4, 0.5) is 5.69 Å². The number of aliphatic hydroxyl groups is 1. The Morgan fingerprint density at radius 1 is 1.20 bits per heavy atom. The van der Waals surface area contributed by atoms with Crippen molar-refractivity contribution in [1.82, 2.24) is 9.97 Å². The lowest BCUT2D eigenvalue weighted by Crippen LogP contribution is -2.25. The quantitative estimate of drug-likeness (QED) is 0.607. The number of carbonyl (C=O) groups is 2. The number of anilines is 1. The van der Waals surface area contributed by atoms with Crippen LogP contribution >= 0.6 is 23.2 Å². The highest BCUT2D eigenvalue weighted by Crippen LogP contribution is 2.31. The first kappa shape index (κ1) is 17.4. The molecule has 3 aromatic rings. The van der Waals surface area contributed by atoms with E-state index in [1.165, 1.54) is 19.2 Å². The molecule has 0 fully saturated rings. The van der Waals surface area contributed by atoms with Crippen LogP contribution in [0.25, 0.3) is 10.9 Å². The molecule has 8 heteroatoms. The third kappa shape index (κ3) is 3.51. The monoisotopic (exact) mass is 377 g/mol. The molecule has 25 heavy (non-hydrogen) atoms. The van der Waals surface area contributed by atoms with Crippen LogP contribution in [0.3, 0.4) is 0 Å². The molecule has 1 unspecified atom stereocenters. The zero-order chi connectivity index (χ0) is 18.1. The van der Waals surface area contributed by atoms with Gasteiger partial charge in [-0.25, -0.2) is 0 Å². The van der Waals surface area contributed by atoms with Gasteiger partial charge in [0.2, 0.25) is 5.78 Å². The number of H-pyrrole nitrogens is 1. The molecule has 0 radical (unpaired) electrons.